The van der Waals surface area contributed by atoms with Crippen molar-refractivity contribution < 1.29 is 38.1 Å². The zero-order valence-corrected chi connectivity index (χ0v) is 53.6. The maximum atomic E-state index is 17.7. The van der Waals surface area contributed by atoms with Gasteiger partial charge >= 0.3 is 17.9 Å². The van der Waals surface area contributed by atoms with E-state index in [0.29, 0.717) is 36.5 Å². The second kappa shape index (κ2) is 12.3. The van der Waals surface area contributed by atoms with Crippen molar-refractivity contribution >= 4 is 325 Å². The summed E-state index contributed by atoms with van der Waals surface area (Å²) in [6.45, 7) is 0.776. The summed E-state index contributed by atoms with van der Waals surface area (Å²) in [6.07, 6.45) is 0.778. The molecule has 1 fully saturated rings. The third kappa shape index (κ3) is 3.21. The monoisotopic (exact) mass is 1330 g/mol. The third-order valence-corrected chi connectivity index (χ3v) is 30.7. The number of hydrogen-bond donors (Lipinski definition) is 0. The minimum Gasteiger partial charge on any atom is -0.489 e. The van der Waals surface area contributed by atoms with E-state index in [2.05, 4.69) is 15.9 Å². The Balaban J connectivity index is 0.648. The smallest absolute Gasteiger partial charge is 0.326 e. The van der Waals surface area contributed by atoms with Gasteiger partial charge in [-0.2, -0.15) is 0 Å². The number of alkyl halides is 1. The summed E-state index contributed by atoms with van der Waals surface area (Å²) in [5, 5.41) is 78.0. The Kier molecular flexibility index (Phi) is 5.54. The number of carbonyl (C=O) groups is 3. The van der Waals surface area contributed by atoms with Crippen LogP contribution in [0.25, 0.3) is 291 Å². The molecule has 0 unspecified atom stereocenters. The van der Waals surface area contributed by atoms with Gasteiger partial charge in [-0.25, -0.2) is 0 Å². The lowest BCUT2D eigenvalue weighted by Gasteiger charge is -2.32. The third-order valence-electron chi connectivity index (χ3n) is 30.1. The molecule has 2 spiro atoms. The van der Waals surface area contributed by atoms with E-state index < -0.39 is 34.2 Å². The molecule has 0 amide bonds. The Labute approximate surface area is 562 Å². The van der Waals surface area contributed by atoms with Crippen LogP contribution in [0.1, 0.15) is 58.2 Å². The van der Waals surface area contributed by atoms with Gasteiger partial charge < -0.3 is 23.7 Å². The Hall–Kier alpha value is -11.4. The lowest BCUT2D eigenvalue weighted by molar-refractivity contribution is -0.167. The van der Waals surface area contributed by atoms with Crippen LogP contribution in [0.2, 0.25) is 0 Å². The molecule has 0 N–H and O–H groups in total. The van der Waals surface area contributed by atoms with Gasteiger partial charge in [0.15, 0.2) is 5.41 Å². The molecular weight excluding hydrogens is 1300 g/mol. The highest BCUT2D eigenvalue weighted by atomic mass is 79.9. The van der Waals surface area contributed by atoms with Crippen LogP contribution in [0.15, 0.2) is 78.9 Å². The molecule has 36 rings (SSSR count). The zero-order chi connectivity index (χ0) is 62.7. The first-order chi connectivity index (χ1) is 49.5. The lowest BCUT2D eigenvalue weighted by Crippen LogP contribution is -2.39. The molecule has 0 heterocycles. The van der Waals surface area contributed by atoms with Crippen molar-refractivity contribution in [2.45, 2.75) is 49.9 Å². The number of halogens is 1. The average Bonchev–Trinajstić information content (AvgIpc) is 1.35. The fourth-order valence-corrected chi connectivity index (χ4v) is 28.9. The predicted octanol–water partition coefficient (Wildman–Crippen LogP) is 21.8. The molecule has 0 bridgehead atoms. The summed E-state index contributed by atoms with van der Waals surface area (Å²) in [5.74, 6) is -0.224. The van der Waals surface area contributed by atoms with Crippen LogP contribution in [0.4, 0.5) is 0 Å². The first kappa shape index (κ1) is 45.2. The van der Waals surface area contributed by atoms with Crippen LogP contribution >= 0.6 is 15.9 Å². The molecule has 1 saturated carbocycles. The van der Waals surface area contributed by atoms with Crippen LogP contribution < -0.4 is 9.47 Å². The highest BCUT2D eigenvalue weighted by Crippen LogP contribution is 2.96. The summed E-state index contributed by atoms with van der Waals surface area (Å²) >= 11 is 3.73. The van der Waals surface area contributed by atoms with Gasteiger partial charge in [-0.3, -0.25) is 14.4 Å². The van der Waals surface area contributed by atoms with Crippen molar-refractivity contribution in [3.05, 3.63) is 118 Å². The Bertz CT molecular complexity index is 8250. The minimum atomic E-state index is -1.88. The van der Waals surface area contributed by atoms with E-state index in [1.54, 1.807) is 10.8 Å². The maximum Gasteiger partial charge on any atom is 0.326 e. The van der Waals surface area contributed by atoms with Crippen LogP contribution in [-0.4, -0.2) is 36.5 Å². The fraction of sp³-hybridized carbons (Fsp3) is 0.132. The van der Waals surface area contributed by atoms with Gasteiger partial charge in [-0.05, 0) is 355 Å². The van der Waals surface area contributed by atoms with Gasteiger partial charge in [0.2, 0.25) is 0 Å². The van der Waals surface area contributed by atoms with Gasteiger partial charge in [0.05, 0.1) is 24.0 Å². The van der Waals surface area contributed by atoms with Crippen molar-refractivity contribution in [3.63, 3.8) is 0 Å². The van der Waals surface area contributed by atoms with Crippen LogP contribution in [0.5, 0.6) is 11.5 Å². The van der Waals surface area contributed by atoms with E-state index in [0.717, 1.165) is 16.7 Å². The number of rotatable bonds is 17. The average molecular weight is 1330 g/mol. The molecule has 0 atom stereocenters. The van der Waals surface area contributed by atoms with E-state index >= 15 is 9.59 Å². The van der Waals surface area contributed by atoms with E-state index in [4.69, 9.17) is 23.7 Å². The van der Waals surface area contributed by atoms with Crippen LogP contribution in [0, 0.1) is 5.41 Å². The fourth-order valence-electron chi connectivity index (χ4n) is 28.7. The Morgan fingerprint density at radius 1 is 0.280 bits per heavy atom. The molecule has 0 saturated heterocycles. The zero-order valence-electron chi connectivity index (χ0n) is 52.0. The molecule has 100 heavy (non-hydrogen) atoms. The highest BCUT2D eigenvalue weighted by Gasteiger charge is 3.01. The molecule has 0 radical (unpaired) electrons. The minimum absolute atomic E-state index is 0.00453. The van der Waals surface area contributed by atoms with Gasteiger partial charge in [-0.1, -0.05) is 76.6 Å². The lowest BCUT2D eigenvalue weighted by atomic mass is 9.68. The van der Waals surface area contributed by atoms with Crippen molar-refractivity contribution in [1.29, 1.82) is 0 Å². The number of carbonyl (C=O) groups excluding carboxylic acids is 3. The number of ether oxygens (including phenoxy) is 5. The number of benzene rings is 21. The van der Waals surface area contributed by atoms with E-state index in [-0.39, 0.29) is 32.7 Å². The number of hydrogen-bond acceptors (Lipinski definition) is 8. The summed E-state index contributed by atoms with van der Waals surface area (Å²) in [6, 6.07) is 25.7. The normalized spacial score (nSPS) is 20.2. The van der Waals surface area contributed by atoms with Crippen molar-refractivity contribution in [2.24, 2.45) is 5.41 Å². The molecule has 0 aromatic heterocycles. The largest absolute Gasteiger partial charge is 0.489 e. The van der Waals surface area contributed by atoms with Gasteiger partial charge in [0.1, 0.15) is 31.3 Å². The SMILES string of the molecule is O=C(CCCOC(=O)C1(C(=O)OCCCBr)C23c4c5c6c7c8c9c(c%10c%11c2c2c4c4c%12c5c5c6c6c8c8c%13c9c9c%10c%10c%11c%11c2c2c4c4c%12c%12c5c5c6c8c6c8c%13c9c9c%10c%10c%11c2c2c4c4c%12c5c6c5c8c9c%10c2c45)C713)OCc1cc(OCc2ccccc2)cc(OCc2ccccc2)c1. The van der Waals surface area contributed by atoms with Crippen molar-refractivity contribution in [1.82, 2.24) is 0 Å². The van der Waals surface area contributed by atoms with Crippen molar-refractivity contribution in [3.8, 4) is 11.5 Å². The molecule has 0 aliphatic heterocycles. The molecule has 5 aliphatic rings. The Morgan fingerprint density at radius 3 is 0.790 bits per heavy atom. The molecule has 8 nitrogen and oxygen atoms in total. The maximum absolute atomic E-state index is 17.7. The van der Waals surface area contributed by atoms with Crippen molar-refractivity contribution in [2.75, 3.05) is 18.5 Å². The summed E-state index contributed by atoms with van der Waals surface area (Å²) in [4.78, 5) is 49.5. The second-order valence-electron chi connectivity index (χ2n) is 32.4. The predicted molar refractivity (Wildman–Crippen MR) is 404 cm³/mol. The van der Waals surface area contributed by atoms with Crippen LogP contribution in [-0.2, 0) is 59.2 Å². The molecular formula is C91H31BrO8. The van der Waals surface area contributed by atoms with E-state index in [1.807, 2.05) is 78.9 Å². The van der Waals surface area contributed by atoms with Gasteiger partial charge in [-0.15, -0.1) is 0 Å². The topological polar surface area (TPSA) is 97.4 Å². The molecule has 31 aromatic rings. The van der Waals surface area contributed by atoms with Gasteiger partial charge in [0.25, 0.3) is 0 Å². The molecule has 31 aromatic carbocycles. The standard InChI is InChI=1S/C91H31BrO8/c92-14-8-16-97-88(95)91(87(94)96-15-7-13-28(93)100-22-25-17-26(98-20-23-9-3-1-4-10-23)19-27(18-25)99-21-24-11-5-2-6-12-24)89-83-75-67-57-47-39-31-29-30-33-37-35(31)43-51-45(37)55-49-41(33)42-34(30)38-36-32(29)40(39)48-54-44(36)52-46(38)56-50(42)60-59(49)69-63(55)73-65(51)71(61(67)53(43)47)79(83)81(73)85-77(69)78-70(60)64(56)74-66(52)72-62(54)68(58(48)57)76(75)84(89)80(72)82(74)86(78)90(85,89)91/h1-6,9-12,17-19H,7-8,13-16,20-22H2. The van der Waals surface area contributed by atoms with Crippen LogP contribution in [0.3, 0.4) is 0 Å². The quantitative estimate of drug-likeness (QED) is 0.0222. The second-order valence-corrected chi connectivity index (χ2v) is 33.2. The van der Waals surface area contributed by atoms with E-state index in [1.165, 1.54) is 302 Å². The first-order valence-electron chi connectivity index (χ1n) is 35.8. The molecule has 450 valence electrons. The molecule has 5 aliphatic carbocycles. The Morgan fingerprint density at radius 2 is 0.530 bits per heavy atom. The van der Waals surface area contributed by atoms with E-state index in [9.17, 15) is 4.79 Å². The molecule has 9 heteroatoms. The number of esters is 3. The summed E-state index contributed by atoms with van der Waals surface area (Å²) < 4.78 is 32.9. The van der Waals surface area contributed by atoms with Gasteiger partial charge in [0, 0.05) is 17.8 Å². The first-order valence-corrected chi connectivity index (χ1v) is 36.9. The highest BCUT2D eigenvalue weighted by molar-refractivity contribution is 9.09. The summed E-state index contributed by atoms with van der Waals surface area (Å²) in [5.41, 5.74) is 3.24. The summed E-state index contributed by atoms with van der Waals surface area (Å²) in [7, 11) is 0.